The largest absolute Gasteiger partial charge is 0.340 e. The van der Waals surface area contributed by atoms with Crippen LogP contribution in [-0.2, 0) is 11.2 Å². The number of aromatic nitrogens is 6. The van der Waals surface area contributed by atoms with E-state index in [4.69, 9.17) is 4.98 Å². The molecular weight excluding hydrogens is 378 g/mol. The number of hydrogen-bond donors (Lipinski definition) is 1. The fourth-order valence-electron chi connectivity index (χ4n) is 4.32. The van der Waals surface area contributed by atoms with Crippen LogP contribution in [0.15, 0.2) is 18.2 Å². The van der Waals surface area contributed by atoms with Crippen molar-refractivity contribution in [1.82, 2.24) is 34.4 Å². The summed E-state index contributed by atoms with van der Waals surface area (Å²) < 4.78 is 1.70. The van der Waals surface area contributed by atoms with Gasteiger partial charge in [0.05, 0.1) is 23.5 Å². The van der Waals surface area contributed by atoms with Gasteiger partial charge in [0.1, 0.15) is 5.82 Å². The van der Waals surface area contributed by atoms with E-state index in [9.17, 15) is 4.79 Å². The van der Waals surface area contributed by atoms with E-state index in [1.807, 2.05) is 24.8 Å². The maximum Gasteiger partial charge on any atom is 0.252 e. The van der Waals surface area contributed by atoms with Gasteiger partial charge in [-0.15, -0.1) is 5.10 Å². The number of amides is 1. The standard InChI is InChI=1S/C22H25N7O/c1-12-8-16-17(9-13(12)2)25-21(24-16)18-6-5-7-28(18)20(30)11-19-26-22-23-14(3)10-15(4)29(22)27-19/h8-10,18H,5-7,11H2,1-4H3,(H,24,25)/t18-/m1/s1. The van der Waals surface area contributed by atoms with Gasteiger partial charge in [-0.05, 0) is 69.9 Å². The van der Waals surface area contributed by atoms with E-state index < -0.39 is 0 Å². The highest BCUT2D eigenvalue weighted by atomic mass is 16.2. The molecule has 1 aliphatic rings. The van der Waals surface area contributed by atoms with Crippen LogP contribution in [0.25, 0.3) is 16.8 Å². The second-order valence-electron chi connectivity index (χ2n) is 8.28. The number of nitrogens with zero attached hydrogens (tertiary/aromatic N) is 6. The minimum atomic E-state index is -0.0374. The number of benzene rings is 1. The Hall–Kier alpha value is -3.29. The summed E-state index contributed by atoms with van der Waals surface area (Å²) in [6.07, 6.45) is 2.03. The number of carbonyl (C=O) groups is 1. The molecule has 154 valence electrons. The number of likely N-dealkylation sites (tertiary alicyclic amines) is 1. The molecule has 0 unspecified atom stereocenters. The van der Waals surface area contributed by atoms with Crippen molar-refractivity contribution in [3.63, 3.8) is 0 Å². The highest BCUT2D eigenvalue weighted by Gasteiger charge is 2.32. The molecule has 0 aliphatic carbocycles. The van der Waals surface area contributed by atoms with E-state index in [1.54, 1.807) is 4.52 Å². The fraction of sp³-hybridized carbons (Fsp3) is 0.409. The van der Waals surface area contributed by atoms with Gasteiger partial charge in [-0.1, -0.05) is 0 Å². The van der Waals surface area contributed by atoms with Gasteiger partial charge in [0.2, 0.25) is 5.91 Å². The predicted octanol–water partition coefficient (Wildman–Crippen LogP) is 3.14. The van der Waals surface area contributed by atoms with Crippen molar-refractivity contribution in [3.8, 4) is 0 Å². The molecule has 8 nitrogen and oxygen atoms in total. The average Bonchev–Trinajstić information content (AvgIpc) is 3.39. The highest BCUT2D eigenvalue weighted by molar-refractivity contribution is 5.80. The van der Waals surface area contributed by atoms with Crippen LogP contribution in [0, 0.1) is 27.7 Å². The minimum Gasteiger partial charge on any atom is -0.340 e. The molecule has 1 fully saturated rings. The van der Waals surface area contributed by atoms with E-state index in [1.165, 1.54) is 11.1 Å². The number of aryl methyl sites for hydroxylation is 4. The van der Waals surface area contributed by atoms with Gasteiger partial charge in [0, 0.05) is 17.9 Å². The number of hydrogen-bond acceptors (Lipinski definition) is 5. The first-order chi connectivity index (χ1) is 14.4. The first-order valence-corrected chi connectivity index (χ1v) is 10.4. The van der Waals surface area contributed by atoms with Crippen molar-refractivity contribution in [2.75, 3.05) is 6.54 Å². The Balaban J connectivity index is 1.41. The molecule has 8 heteroatoms. The number of aromatic amines is 1. The molecule has 3 aromatic heterocycles. The van der Waals surface area contributed by atoms with Gasteiger partial charge < -0.3 is 9.88 Å². The Morgan fingerprint density at radius 3 is 2.73 bits per heavy atom. The topological polar surface area (TPSA) is 92.1 Å². The number of nitrogens with one attached hydrogen (secondary N) is 1. The molecule has 0 saturated carbocycles. The van der Waals surface area contributed by atoms with Crippen molar-refractivity contribution in [3.05, 3.63) is 52.4 Å². The van der Waals surface area contributed by atoms with E-state index in [0.29, 0.717) is 11.6 Å². The molecule has 0 radical (unpaired) electrons. The molecule has 1 amide bonds. The normalized spacial score (nSPS) is 16.8. The lowest BCUT2D eigenvalue weighted by molar-refractivity contribution is -0.131. The molecule has 4 heterocycles. The molecule has 1 saturated heterocycles. The maximum atomic E-state index is 13.1. The number of carbonyl (C=O) groups excluding carboxylic acids is 1. The zero-order chi connectivity index (χ0) is 21.0. The van der Waals surface area contributed by atoms with Crippen LogP contribution < -0.4 is 0 Å². The van der Waals surface area contributed by atoms with Gasteiger partial charge >= 0.3 is 0 Å². The van der Waals surface area contributed by atoms with Crippen molar-refractivity contribution < 1.29 is 4.79 Å². The molecular formula is C22H25N7O. The number of H-pyrrole nitrogens is 1. The number of fused-ring (bicyclic) bond motifs is 2. The van der Waals surface area contributed by atoms with Gasteiger partial charge in [-0.3, -0.25) is 4.79 Å². The Kier molecular flexibility index (Phi) is 4.30. The van der Waals surface area contributed by atoms with Crippen molar-refractivity contribution >= 4 is 22.7 Å². The zero-order valence-electron chi connectivity index (χ0n) is 17.7. The first-order valence-electron chi connectivity index (χ1n) is 10.4. The smallest absolute Gasteiger partial charge is 0.252 e. The molecule has 0 spiro atoms. The van der Waals surface area contributed by atoms with Gasteiger partial charge in [0.25, 0.3) is 5.78 Å². The summed E-state index contributed by atoms with van der Waals surface area (Å²) in [4.78, 5) is 32.2. The third-order valence-corrected chi connectivity index (χ3v) is 5.98. The monoisotopic (exact) mass is 403 g/mol. The lowest BCUT2D eigenvalue weighted by atomic mass is 10.1. The van der Waals surface area contributed by atoms with Crippen molar-refractivity contribution in [2.24, 2.45) is 0 Å². The summed E-state index contributed by atoms with van der Waals surface area (Å²) in [5.74, 6) is 1.92. The van der Waals surface area contributed by atoms with Crippen LogP contribution in [0.4, 0.5) is 0 Å². The second kappa shape index (κ2) is 6.90. The highest BCUT2D eigenvalue weighted by Crippen LogP contribution is 2.32. The third-order valence-electron chi connectivity index (χ3n) is 5.98. The van der Waals surface area contributed by atoms with Crippen LogP contribution in [0.3, 0.4) is 0 Å². The lowest BCUT2D eigenvalue weighted by Crippen LogP contribution is -2.32. The molecule has 4 aromatic rings. The number of rotatable bonds is 3. The van der Waals surface area contributed by atoms with E-state index in [2.05, 4.69) is 46.0 Å². The maximum absolute atomic E-state index is 13.1. The van der Waals surface area contributed by atoms with Gasteiger partial charge in [-0.25, -0.2) is 14.5 Å². The summed E-state index contributed by atoms with van der Waals surface area (Å²) in [5, 5.41) is 4.49. The molecule has 1 atom stereocenters. The zero-order valence-corrected chi connectivity index (χ0v) is 17.7. The predicted molar refractivity (Wildman–Crippen MR) is 113 cm³/mol. The summed E-state index contributed by atoms with van der Waals surface area (Å²) >= 11 is 0. The average molecular weight is 403 g/mol. The molecule has 5 rings (SSSR count). The second-order valence-corrected chi connectivity index (χ2v) is 8.28. The number of imidazole rings is 1. The molecule has 1 N–H and O–H groups in total. The Morgan fingerprint density at radius 2 is 1.90 bits per heavy atom. The van der Waals surface area contributed by atoms with Gasteiger partial charge in [-0.2, -0.15) is 4.98 Å². The van der Waals surface area contributed by atoms with Crippen LogP contribution in [0.5, 0.6) is 0 Å². The molecule has 1 aliphatic heterocycles. The minimum absolute atomic E-state index is 0.0237. The van der Waals surface area contributed by atoms with Crippen LogP contribution >= 0.6 is 0 Å². The first kappa shape index (κ1) is 18.7. The summed E-state index contributed by atoms with van der Waals surface area (Å²) in [6.45, 7) is 8.80. The van der Waals surface area contributed by atoms with Crippen molar-refractivity contribution in [1.29, 1.82) is 0 Å². The molecule has 1 aromatic carbocycles. The Morgan fingerprint density at radius 1 is 1.10 bits per heavy atom. The quantitative estimate of drug-likeness (QED) is 0.567. The van der Waals surface area contributed by atoms with Crippen LogP contribution in [0.1, 0.15) is 53.0 Å². The summed E-state index contributed by atoms with van der Waals surface area (Å²) in [5.41, 5.74) is 6.26. The molecule has 0 bridgehead atoms. The fourth-order valence-corrected chi connectivity index (χ4v) is 4.32. The Labute approximate surface area is 174 Å². The van der Waals surface area contributed by atoms with E-state index >= 15 is 0 Å². The van der Waals surface area contributed by atoms with Crippen LogP contribution in [-0.4, -0.2) is 46.9 Å². The Bertz CT molecular complexity index is 1250. The SMILES string of the molecule is Cc1cc(C)n2nc(CC(=O)N3CCC[C@@H]3c3nc4cc(C)c(C)cc4[nH]3)nc2n1. The summed E-state index contributed by atoms with van der Waals surface area (Å²) in [6, 6.07) is 6.14. The van der Waals surface area contributed by atoms with E-state index in [-0.39, 0.29) is 18.4 Å². The lowest BCUT2D eigenvalue weighted by Gasteiger charge is -2.22. The van der Waals surface area contributed by atoms with Crippen LogP contribution in [0.2, 0.25) is 0 Å². The summed E-state index contributed by atoms with van der Waals surface area (Å²) in [7, 11) is 0. The van der Waals surface area contributed by atoms with Crippen molar-refractivity contribution in [2.45, 2.75) is 53.0 Å². The van der Waals surface area contributed by atoms with Gasteiger partial charge in [0.15, 0.2) is 5.82 Å². The van der Waals surface area contributed by atoms with E-state index in [0.717, 1.165) is 47.6 Å². The third kappa shape index (κ3) is 3.12. The molecule has 30 heavy (non-hydrogen) atoms.